The lowest BCUT2D eigenvalue weighted by atomic mass is 10.1. The first kappa shape index (κ1) is 16.8. The monoisotopic (exact) mass is 298 g/mol. The number of rotatable bonds is 5. The fourth-order valence-corrected chi connectivity index (χ4v) is 3.39. The van der Waals surface area contributed by atoms with E-state index in [9.17, 15) is 13.2 Å². The minimum Gasteiger partial charge on any atom is -0.311 e. The normalized spacial score (nSPS) is 23.0. The van der Waals surface area contributed by atoms with Crippen molar-refractivity contribution in [1.82, 2.24) is 9.62 Å². The second kappa shape index (κ2) is 7.52. The number of Topliss-reactive ketones (excluding diaryl/α,β-unsaturated/α-hetero) is 1. The molecule has 0 radical (unpaired) electrons. The van der Waals surface area contributed by atoms with Crippen molar-refractivity contribution in [2.24, 2.45) is 0 Å². The number of hydrogen-bond donors (Lipinski definition) is 1. The summed E-state index contributed by atoms with van der Waals surface area (Å²) in [6, 6.07) is -0.250. The van der Waals surface area contributed by atoms with E-state index in [1.165, 1.54) is 17.3 Å². The van der Waals surface area contributed by atoms with Crippen LogP contribution in [0.2, 0.25) is 0 Å². The van der Waals surface area contributed by atoms with Gasteiger partial charge >= 0.3 is 0 Å². The molecule has 1 N–H and O–H groups in total. The SMILES string of the molecule is C=C/C=C\C=C(/C)S(=O)(=O)N1CCCC(NC)C(=O)C1. The van der Waals surface area contributed by atoms with E-state index in [0.717, 1.165) is 0 Å². The van der Waals surface area contributed by atoms with Crippen molar-refractivity contribution in [3.05, 3.63) is 35.8 Å². The Kier molecular flexibility index (Phi) is 6.32. The predicted octanol–water partition coefficient (Wildman–Crippen LogP) is 1.22. The first-order valence-corrected chi connectivity index (χ1v) is 8.03. The Labute approximate surface area is 121 Å². The van der Waals surface area contributed by atoms with E-state index in [1.807, 2.05) is 0 Å². The molecular formula is C14H22N2O3S. The van der Waals surface area contributed by atoms with Crippen LogP contribution in [-0.2, 0) is 14.8 Å². The zero-order valence-electron chi connectivity index (χ0n) is 12.0. The number of hydrogen-bond acceptors (Lipinski definition) is 4. The van der Waals surface area contributed by atoms with Gasteiger partial charge in [0, 0.05) is 6.54 Å². The molecule has 6 heteroatoms. The molecule has 1 saturated heterocycles. The van der Waals surface area contributed by atoms with E-state index in [0.29, 0.717) is 19.4 Å². The first-order chi connectivity index (χ1) is 9.43. The number of nitrogens with one attached hydrogen (secondary N) is 1. The molecule has 20 heavy (non-hydrogen) atoms. The fourth-order valence-electron chi connectivity index (χ4n) is 2.07. The molecule has 0 aromatic rings. The number of ketones is 1. The van der Waals surface area contributed by atoms with Crippen molar-refractivity contribution in [3.8, 4) is 0 Å². The average Bonchev–Trinajstić information content (AvgIpc) is 2.60. The summed E-state index contributed by atoms with van der Waals surface area (Å²) < 4.78 is 26.1. The van der Waals surface area contributed by atoms with Crippen molar-refractivity contribution in [3.63, 3.8) is 0 Å². The molecule has 0 saturated carbocycles. The second-order valence-corrected chi connectivity index (χ2v) is 6.80. The Morgan fingerprint density at radius 1 is 1.45 bits per heavy atom. The van der Waals surface area contributed by atoms with Crippen LogP contribution in [0.5, 0.6) is 0 Å². The summed E-state index contributed by atoms with van der Waals surface area (Å²) in [5.74, 6) is -0.0805. The molecule has 1 fully saturated rings. The van der Waals surface area contributed by atoms with Crippen LogP contribution in [0.3, 0.4) is 0 Å². The molecule has 0 aromatic heterocycles. The summed E-state index contributed by atoms with van der Waals surface area (Å²) in [5.41, 5.74) is 0. The lowest BCUT2D eigenvalue weighted by Crippen LogP contribution is -2.40. The highest BCUT2D eigenvalue weighted by molar-refractivity contribution is 7.93. The quantitative estimate of drug-likeness (QED) is 0.775. The van der Waals surface area contributed by atoms with E-state index in [2.05, 4.69) is 11.9 Å². The highest BCUT2D eigenvalue weighted by Crippen LogP contribution is 2.17. The van der Waals surface area contributed by atoms with Gasteiger partial charge in [-0.15, -0.1) is 0 Å². The lowest BCUT2D eigenvalue weighted by molar-refractivity contribution is -0.120. The average molecular weight is 298 g/mol. The molecule has 1 aliphatic rings. The molecule has 1 heterocycles. The van der Waals surface area contributed by atoms with Gasteiger partial charge in [-0.25, -0.2) is 8.42 Å². The van der Waals surface area contributed by atoms with Crippen molar-refractivity contribution < 1.29 is 13.2 Å². The van der Waals surface area contributed by atoms with E-state index >= 15 is 0 Å². The number of carbonyl (C=O) groups excluding carboxylic acids is 1. The third kappa shape index (κ3) is 4.13. The van der Waals surface area contributed by atoms with Crippen LogP contribution in [0.25, 0.3) is 0 Å². The largest absolute Gasteiger partial charge is 0.311 e. The van der Waals surface area contributed by atoms with E-state index in [-0.39, 0.29) is 23.3 Å². The Morgan fingerprint density at radius 3 is 2.75 bits per heavy atom. The van der Waals surface area contributed by atoms with Gasteiger partial charge in [0.05, 0.1) is 17.5 Å². The van der Waals surface area contributed by atoms with Crippen LogP contribution >= 0.6 is 0 Å². The van der Waals surface area contributed by atoms with Crippen LogP contribution in [0.4, 0.5) is 0 Å². The third-order valence-electron chi connectivity index (χ3n) is 3.29. The minimum atomic E-state index is -3.57. The fraction of sp³-hybridized carbons (Fsp3) is 0.500. The number of sulfonamides is 1. The molecule has 1 atom stereocenters. The van der Waals surface area contributed by atoms with Crippen LogP contribution in [0.15, 0.2) is 35.8 Å². The number of nitrogens with zero attached hydrogens (tertiary/aromatic N) is 1. The lowest BCUT2D eigenvalue weighted by Gasteiger charge is -2.19. The first-order valence-electron chi connectivity index (χ1n) is 6.59. The van der Waals surface area contributed by atoms with Gasteiger partial charge in [0.2, 0.25) is 10.0 Å². The molecule has 1 aliphatic heterocycles. The van der Waals surface area contributed by atoms with E-state index in [4.69, 9.17) is 0 Å². The van der Waals surface area contributed by atoms with Gasteiger partial charge in [0.1, 0.15) is 0 Å². The van der Waals surface area contributed by atoms with Crippen LogP contribution in [0.1, 0.15) is 19.8 Å². The zero-order chi connectivity index (χ0) is 15.2. The maximum Gasteiger partial charge on any atom is 0.239 e. The molecule has 0 amide bonds. The third-order valence-corrected chi connectivity index (χ3v) is 5.24. The van der Waals surface area contributed by atoms with Crippen molar-refractivity contribution in [2.75, 3.05) is 20.1 Å². The van der Waals surface area contributed by atoms with E-state index < -0.39 is 10.0 Å². The molecule has 0 spiro atoms. The predicted molar refractivity (Wildman–Crippen MR) is 80.7 cm³/mol. The molecule has 0 aliphatic carbocycles. The van der Waals surface area contributed by atoms with Crippen molar-refractivity contribution in [2.45, 2.75) is 25.8 Å². The number of likely N-dealkylation sites (N-methyl/N-ethyl adjacent to an activating group) is 1. The Balaban J connectivity index is 2.92. The summed E-state index contributed by atoms with van der Waals surface area (Å²) in [5, 5.41) is 2.93. The van der Waals surface area contributed by atoms with Crippen LogP contribution < -0.4 is 5.32 Å². The van der Waals surface area contributed by atoms with Gasteiger partial charge in [-0.3, -0.25) is 4.79 Å². The molecule has 112 valence electrons. The van der Waals surface area contributed by atoms with Crippen molar-refractivity contribution in [1.29, 1.82) is 0 Å². The van der Waals surface area contributed by atoms with Crippen LogP contribution in [-0.4, -0.2) is 44.7 Å². The topological polar surface area (TPSA) is 66.5 Å². The second-order valence-electron chi connectivity index (χ2n) is 4.69. The summed E-state index contributed by atoms with van der Waals surface area (Å²) in [7, 11) is -1.85. The molecule has 1 rings (SSSR count). The Bertz CT molecular complexity index is 521. The van der Waals surface area contributed by atoms with Crippen molar-refractivity contribution >= 4 is 15.8 Å². The summed E-state index contributed by atoms with van der Waals surface area (Å²) in [6.45, 7) is 5.37. The summed E-state index contributed by atoms with van der Waals surface area (Å²) in [6.07, 6.45) is 7.71. The maximum absolute atomic E-state index is 12.4. The summed E-state index contributed by atoms with van der Waals surface area (Å²) in [4.78, 5) is 12.2. The zero-order valence-corrected chi connectivity index (χ0v) is 12.8. The molecular weight excluding hydrogens is 276 g/mol. The van der Waals surface area contributed by atoms with Gasteiger partial charge in [0.15, 0.2) is 5.78 Å². The smallest absolute Gasteiger partial charge is 0.239 e. The minimum absolute atomic E-state index is 0.0653. The van der Waals surface area contributed by atoms with Gasteiger partial charge in [-0.2, -0.15) is 4.31 Å². The van der Waals surface area contributed by atoms with Gasteiger partial charge in [0.25, 0.3) is 0 Å². The molecule has 1 unspecified atom stereocenters. The number of allylic oxidation sites excluding steroid dienone is 5. The molecule has 5 nitrogen and oxygen atoms in total. The Morgan fingerprint density at radius 2 is 2.15 bits per heavy atom. The highest BCUT2D eigenvalue weighted by atomic mass is 32.2. The van der Waals surface area contributed by atoms with Gasteiger partial charge in [-0.05, 0) is 32.9 Å². The molecule has 0 bridgehead atoms. The van der Waals surface area contributed by atoms with Gasteiger partial charge < -0.3 is 5.32 Å². The number of carbonyl (C=O) groups is 1. The standard InChI is InChI=1S/C14H22N2O3S/c1-4-5-6-8-12(2)20(18,19)16-10-7-9-13(15-3)14(17)11-16/h4-6,8,13,15H,1,7,9-11H2,2-3H3/b6-5-,12-8+. The Hall–Kier alpha value is -1.24. The highest BCUT2D eigenvalue weighted by Gasteiger charge is 2.31. The van der Waals surface area contributed by atoms with E-state index in [1.54, 1.807) is 25.3 Å². The molecule has 0 aromatic carbocycles. The van der Waals surface area contributed by atoms with Gasteiger partial charge in [-0.1, -0.05) is 24.8 Å². The van der Waals surface area contributed by atoms with Crippen LogP contribution in [0, 0.1) is 0 Å². The maximum atomic E-state index is 12.4. The summed E-state index contributed by atoms with van der Waals surface area (Å²) >= 11 is 0.